The van der Waals surface area contributed by atoms with E-state index in [1.54, 1.807) is 24.3 Å². The van der Waals surface area contributed by atoms with Crippen LogP contribution in [0.15, 0.2) is 40.7 Å². The number of carbonyl (C=O) groups excluding carboxylic acids is 1. The number of nitriles is 1. The van der Waals surface area contributed by atoms with E-state index in [2.05, 4.69) is 25.6 Å². The summed E-state index contributed by atoms with van der Waals surface area (Å²) in [6.07, 6.45) is 2.19. The second kappa shape index (κ2) is 9.68. The number of hydrogen-bond acceptors (Lipinski definition) is 10. The molecule has 1 N–H and O–H groups in total. The lowest BCUT2D eigenvalue weighted by Gasteiger charge is -2.06. The van der Waals surface area contributed by atoms with Crippen molar-refractivity contribution in [3.8, 4) is 11.8 Å². The van der Waals surface area contributed by atoms with Crippen LogP contribution >= 0.6 is 22.7 Å². The highest BCUT2D eigenvalue weighted by molar-refractivity contribution is 7.16. The van der Waals surface area contributed by atoms with E-state index in [0.717, 1.165) is 16.4 Å². The first-order valence-electron chi connectivity index (χ1n) is 9.80. The van der Waals surface area contributed by atoms with E-state index in [0.29, 0.717) is 27.1 Å². The maximum atomic E-state index is 12.4. The zero-order chi connectivity index (χ0) is 23.4. The molecule has 0 atom stereocenters. The maximum absolute atomic E-state index is 12.4. The van der Waals surface area contributed by atoms with Crippen molar-refractivity contribution in [2.45, 2.75) is 26.9 Å². The summed E-state index contributed by atoms with van der Waals surface area (Å²) in [6, 6.07) is 10.2. The van der Waals surface area contributed by atoms with Crippen LogP contribution in [0.25, 0.3) is 11.0 Å². The summed E-state index contributed by atoms with van der Waals surface area (Å²) in [5.74, 6) is 0.00114. The summed E-state index contributed by atoms with van der Waals surface area (Å²) < 4.78 is 6.99. The predicted octanol–water partition coefficient (Wildman–Crippen LogP) is 3.00. The molecule has 0 aliphatic carbocycles. The molecule has 0 saturated carbocycles. The van der Waals surface area contributed by atoms with Crippen LogP contribution in [0.1, 0.15) is 28.2 Å². The van der Waals surface area contributed by atoms with Gasteiger partial charge in [0.05, 0.1) is 5.69 Å². The summed E-state index contributed by atoms with van der Waals surface area (Å²) in [5, 5.41) is 25.8. The smallest absolute Gasteiger partial charge is 0.275 e. The second-order valence-electron chi connectivity index (χ2n) is 6.74. The van der Waals surface area contributed by atoms with Gasteiger partial charge in [-0.3, -0.25) is 14.9 Å². The number of fused-ring (bicyclic) bond motifs is 1. The highest BCUT2D eigenvalue weighted by atomic mass is 32.1. The topological polar surface area (TPSA) is 135 Å². The monoisotopic (exact) mass is 479 g/mol. The molecular weight excluding hydrogens is 462 g/mol. The van der Waals surface area contributed by atoms with Crippen LogP contribution in [0.5, 0.6) is 5.75 Å². The van der Waals surface area contributed by atoms with Crippen molar-refractivity contribution in [2.24, 2.45) is 0 Å². The van der Waals surface area contributed by atoms with Crippen LogP contribution < -0.4 is 15.6 Å². The fourth-order valence-corrected chi connectivity index (χ4v) is 4.21. The second-order valence-corrected chi connectivity index (χ2v) is 8.96. The number of benzene rings is 1. The van der Waals surface area contributed by atoms with Crippen molar-refractivity contribution in [1.82, 2.24) is 24.8 Å². The number of nitrogens with zero attached hydrogens (tertiary/aromatic N) is 6. The minimum atomic E-state index is -0.553. The van der Waals surface area contributed by atoms with E-state index in [-0.39, 0.29) is 17.7 Å². The summed E-state index contributed by atoms with van der Waals surface area (Å²) in [7, 11) is 0. The molecule has 1 aromatic carbocycles. The van der Waals surface area contributed by atoms with Gasteiger partial charge in [-0.05, 0) is 37.1 Å². The summed E-state index contributed by atoms with van der Waals surface area (Å²) in [4.78, 5) is 29.4. The third-order valence-electron chi connectivity index (χ3n) is 4.33. The molecule has 0 radical (unpaired) electrons. The van der Waals surface area contributed by atoms with E-state index in [9.17, 15) is 14.9 Å². The predicted molar refractivity (Wildman–Crippen MR) is 124 cm³/mol. The Bertz CT molecular complexity index is 1450. The molecule has 33 heavy (non-hydrogen) atoms. The zero-order valence-corrected chi connectivity index (χ0v) is 19.2. The Morgan fingerprint density at radius 2 is 2.06 bits per heavy atom. The van der Waals surface area contributed by atoms with Gasteiger partial charge in [0.1, 0.15) is 34.0 Å². The standard InChI is InChI=1S/C21H17N7O3S2/c1-3-17-25-26-20(33-17)24-19(30)14(10-22)8-13-4-6-16(7-5-13)31-11-15-9-18(29)28-21(23-15)32-12(2)27-28/h4-9H,3,11H2,1-2H3,(H,24,26,30)/b14-8-. The first-order valence-corrected chi connectivity index (χ1v) is 11.4. The molecule has 0 unspecified atom stereocenters. The molecule has 4 aromatic rings. The first-order chi connectivity index (χ1) is 15.9. The molecular formula is C21H17N7O3S2. The number of aryl methyl sites for hydroxylation is 2. The Labute approximate surface area is 195 Å². The molecule has 1 amide bonds. The average molecular weight is 480 g/mol. The van der Waals surface area contributed by atoms with Gasteiger partial charge in [-0.2, -0.15) is 14.9 Å². The van der Waals surface area contributed by atoms with Crippen LogP contribution in [-0.4, -0.2) is 30.7 Å². The first kappa shape index (κ1) is 22.3. The Kier molecular flexibility index (Phi) is 6.53. The average Bonchev–Trinajstić information content (AvgIpc) is 3.42. The van der Waals surface area contributed by atoms with E-state index >= 15 is 0 Å². The number of hydrogen-bond donors (Lipinski definition) is 1. The van der Waals surface area contributed by atoms with Gasteiger partial charge in [0.2, 0.25) is 10.1 Å². The van der Waals surface area contributed by atoms with Gasteiger partial charge in [0.25, 0.3) is 11.5 Å². The minimum absolute atomic E-state index is 0.0604. The number of ether oxygens (including phenoxy) is 1. The molecule has 0 fully saturated rings. The van der Waals surface area contributed by atoms with Crippen LogP contribution in [0, 0.1) is 18.3 Å². The highest BCUT2D eigenvalue weighted by Gasteiger charge is 2.13. The molecule has 0 bridgehead atoms. The lowest BCUT2D eigenvalue weighted by Crippen LogP contribution is -2.16. The summed E-state index contributed by atoms with van der Waals surface area (Å²) in [6.45, 7) is 3.87. The van der Waals surface area contributed by atoms with Crippen molar-refractivity contribution in [3.05, 3.63) is 67.5 Å². The van der Waals surface area contributed by atoms with Crippen molar-refractivity contribution in [1.29, 1.82) is 5.26 Å². The Balaban J connectivity index is 1.41. The van der Waals surface area contributed by atoms with Crippen molar-refractivity contribution in [3.63, 3.8) is 0 Å². The molecule has 3 aromatic heterocycles. The molecule has 0 aliphatic rings. The van der Waals surface area contributed by atoms with Gasteiger partial charge in [0, 0.05) is 6.07 Å². The van der Waals surface area contributed by atoms with Crippen molar-refractivity contribution >= 4 is 44.7 Å². The maximum Gasteiger partial charge on any atom is 0.275 e. The van der Waals surface area contributed by atoms with E-state index in [1.807, 2.05) is 19.9 Å². The lowest BCUT2D eigenvalue weighted by atomic mass is 10.1. The van der Waals surface area contributed by atoms with Crippen molar-refractivity contribution in [2.75, 3.05) is 5.32 Å². The van der Waals surface area contributed by atoms with Gasteiger partial charge < -0.3 is 4.74 Å². The molecule has 0 aliphatic heterocycles. The summed E-state index contributed by atoms with van der Waals surface area (Å²) >= 11 is 2.60. The minimum Gasteiger partial charge on any atom is -0.487 e. The zero-order valence-electron chi connectivity index (χ0n) is 17.6. The fourth-order valence-electron chi connectivity index (χ4n) is 2.77. The number of aromatic nitrogens is 5. The number of amides is 1. The lowest BCUT2D eigenvalue weighted by molar-refractivity contribution is -0.112. The van der Waals surface area contributed by atoms with Gasteiger partial charge in [-0.1, -0.05) is 41.7 Å². The molecule has 0 spiro atoms. The van der Waals surface area contributed by atoms with Crippen LogP contribution in [0.2, 0.25) is 0 Å². The van der Waals surface area contributed by atoms with Gasteiger partial charge in [-0.25, -0.2) is 4.98 Å². The molecule has 10 nitrogen and oxygen atoms in total. The number of carbonyl (C=O) groups is 1. The van der Waals surface area contributed by atoms with Crippen molar-refractivity contribution < 1.29 is 9.53 Å². The summed E-state index contributed by atoms with van der Waals surface area (Å²) in [5.41, 5.74) is 0.831. The number of rotatable bonds is 7. The highest BCUT2D eigenvalue weighted by Crippen LogP contribution is 2.19. The molecule has 12 heteroatoms. The van der Waals surface area contributed by atoms with Crippen LogP contribution in [0.3, 0.4) is 0 Å². The molecule has 4 rings (SSSR count). The molecule has 0 saturated heterocycles. The Morgan fingerprint density at radius 1 is 1.27 bits per heavy atom. The normalized spacial score (nSPS) is 11.4. The molecule has 3 heterocycles. The van der Waals surface area contributed by atoms with E-state index in [4.69, 9.17) is 4.74 Å². The van der Waals surface area contributed by atoms with Gasteiger partial charge in [-0.15, -0.1) is 10.2 Å². The van der Waals surface area contributed by atoms with E-state index < -0.39 is 5.91 Å². The molecule has 166 valence electrons. The third-order valence-corrected chi connectivity index (χ3v) is 6.14. The van der Waals surface area contributed by atoms with E-state index in [1.165, 1.54) is 39.3 Å². The Morgan fingerprint density at radius 3 is 2.76 bits per heavy atom. The number of anilines is 1. The van der Waals surface area contributed by atoms with Gasteiger partial charge in [0.15, 0.2) is 0 Å². The fraction of sp³-hybridized carbons (Fsp3) is 0.190. The largest absolute Gasteiger partial charge is 0.487 e. The third kappa shape index (κ3) is 5.28. The number of nitrogens with one attached hydrogen (secondary N) is 1. The quantitative estimate of drug-likeness (QED) is 0.316. The van der Waals surface area contributed by atoms with Gasteiger partial charge >= 0.3 is 0 Å². The SMILES string of the molecule is CCc1nnc(NC(=O)/C(C#N)=C\c2ccc(OCc3cc(=O)n4nc(C)sc4n3)cc2)s1. The van der Waals surface area contributed by atoms with Crippen LogP contribution in [-0.2, 0) is 17.8 Å². The van der Waals surface area contributed by atoms with Crippen LogP contribution in [0.4, 0.5) is 5.13 Å². The Hall–Kier alpha value is -3.95.